The lowest BCUT2D eigenvalue weighted by atomic mass is 9.94. The number of ether oxygens (including phenoxy) is 1. The number of nitrogens with one attached hydrogen (secondary N) is 1. The molecule has 4 nitrogen and oxygen atoms in total. The highest BCUT2D eigenvalue weighted by Gasteiger charge is 2.36. The van der Waals surface area contributed by atoms with Crippen LogP contribution in [0.1, 0.15) is 51.0 Å². The lowest BCUT2D eigenvalue weighted by molar-refractivity contribution is -0.124. The van der Waals surface area contributed by atoms with Gasteiger partial charge in [0.25, 0.3) is 5.91 Å². The quantitative estimate of drug-likeness (QED) is 0.554. The topological polar surface area (TPSA) is 41.6 Å². The van der Waals surface area contributed by atoms with Crippen LogP contribution < -0.4 is 10.1 Å². The Morgan fingerprint density at radius 1 is 1.36 bits per heavy atom. The third-order valence-corrected chi connectivity index (χ3v) is 5.37. The van der Waals surface area contributed by atoms with Crippen molar-refractivity contribution in [2.45, 2.75) is 51.5 Å². The van der Waals surface area contributed by atoms with Gasteiger partial charge in [-0.3, -0.25) is 9.69 Å². The molecule has 1 saturated heterocycles. The summed E-state index contributed by atoms with van der Waals surface area (Å²) in [4.78, 5) is 14.7. The number of thiocarbonyl (C=S) groups is 1. The van der Waals surface area contributed by atoms with E-state index in [4.69, 9.17) is 17.0 Å². The van der Waals surface area contributed by atoms with Crippen LogP contribution in [0.4, 0.5) is 0 Å². The first-order chi connectivity index (χ1) is 12.1. The molecule has 0 spiro atoms. The lowest BCUT2D eigenvalue weighted by Gasteiger charge is -2.29. The van der Waals surface area contributed by atoms with Crippen molar-refractivity contribution >= 4 is 45.2 Å². The van der Waals surface area contributed by atoms with Crippen LogP contribution in [0, 0.1) is 0 Å². The molecule has 1 aromatic carbocycles. The maximum absolute atomic E-state index is 12.9. The van der Waals surface area contributed by atoms with E-state index in [1.165, 1.54) is 6.42 Å². The van der Waals surface area contributed by atoms with E-state index >= 15 is 0 Å². The third kappa shape index (κ3) is 4.23. The molecular weight excluding hydrogens is 400 g/mol. The highest BCUT2D eigenvalue weighted by atomic mass is 79.9. The second-order valence-electron chi connectivity index (χ2n) is 6.49. The maximum atomic E-state index is 12.9. The van der Waals surface area contributed by atoms with Crippen LogP contribution >= 0.6 is 28.1 Å². The summed E-state index contributed by atoms with van der Waals surface area (Å²) in [5, 5.41) is 3.62. The normalized spacial score (nSPS) is 20.2. The highest BCUT2D eigenvalue weighted by Crippen LogP contribution is 2.29. The Kier molecular flexibility index (Phi) is 6.12. The summed E-state index contributed by atoms with van der Waals surface area (Å²) in [5.41, 5.74) is 1.39. The van der Waals surface area contributed by atoms with Gasteiger partial charge in [0, 0.05) is 16.1 Å². The maximum Gasteiger partial charge on any atom is 0.276 e. The molecule has 1 aliphatic heterocycles. The molecule has 1 amide bonds. The Balaban J connectivity index is 1.85. The van der Waals surface area contributed by atoms with Crippen molar-refractivity contribution in [1.29, 1.82) is 0 Å². The summed E-state index contributed by atoms with van der Waals surface area (Å²) < 4.78 is 6.75. The molecule has 1 N–H and O–H groups in total. The minimum Gasteiger partial charge on any atom is -0.493 e. The average Bonchev–Trinajstić information content (AvgIpc) is 2.88. The first-order valence-corrected chi connectivity index (χ1v) is 10.1. The van der Waals surface area contributed by atoms with Crippen LogP contribution in [-0.2, 0) is 4.79 Å². The van der Waals surface area contributed by atoms with Gasteiger partial charge >= 0.3 is 0 Å². The smallest absolute Gasteiger partial charge is 0.276 e. The predicted molar refractivity (Wildman–Crippen MR) is 107 cm³/mol. The molecule has 0 radical (unpaired) electrons. The summed E-state index contributed by atoms with van der Waals surface area (Å²) in [5.74, 6) is 0.743. The first kappa shape index (κ1) is 18.4. The molecule has 134 valence electrons. The molecule has 0 atom stereocenters. The standard InChI is InChI=1S/C19H23BrN2O2S/c1-2-10-24-17-9-8-14(20)11-13(17)12-16-18(23)22(19(25)21-16)15-6-4-3-5-7-15/h8-9,11-12,15H,2-7,10H2,1H3,(H,21,25)/b16-12+. The molecule has 0 aromatic heterocycles. The average molecular weight is 423 g/mol. The minimum atomic E-state index is -0.0293. The van der Waals surface area contributed by atoms with E-state index in [0.29, 0.717) is 17.4 Å². The van der Waals surface area contributed by atoms with Crippen LogP contribution in [-0.4, -0.2) is 28.6 Å². The Hall–Kier alpha value is -1.40. The Labute approximate surface area is 162 Å². The molecule has 0 bridgehead atoms. The van der Waals surface area contributed by atoms with Gasteiger partial charge in [-0.05, 0) is 55.8 Å². The number of nitrogens with zero attached hydrogens (tertiary/aromatic N) is 1. The van der Waals surface area contributed by atoms with E-state index in [1.807, 2.05) is 24.3 Å². The highest BCUT2D eigenvalue weighted by molar-refractivity contribution is 9.10. The monoisotopic (exact) mass is 422 g/mol. The van der Waals surface area contributed by atoms with Gasteiger partial charge in [0.15, 0.2) is 5.11 Å². The fraction of sp³-hybridized carbons (Fsp3) is 0.474. The molecule has 1 aliphatic carbocycles. The minimum absolute atomic E-state index is 0.0293. The van der Waals surface area contributed by atoms with E-state index < -0.39 is 0 Å². The Morgan fingerprint density at radius 2 is 2.12 bits per heavy atom. The number of benzene rings is 1. The van der Waals surface area contributed by atoms with Gasteiger partial charge in [-0.1, -0.05) is 42.1 Å². The van der Waals surface area contributed by atoms with Crippen LogP contribution in [0.5, 0.6) is 5.75 Å². The van der Waals surface area contributed by atoms with Gasteiger partial charge in [-0.2, -0.15) is 0 Å². The second kappa shape index (κ2) is 8.32. The molecule has 6 heteroatoms. The zero-order chi connectivity index (χ0) is 17.8. The summed E-state index contributed by atoms with van der Waals surface area (Å²) in [6.07, 6.45) is 8.41. The summed E-state index contributed by atoms with van der Waals surface area (Å²) in [6.45, 7) is 2.71. The van der Waals surface area contributed by atoms with Crippen molar-refractivity contribution in [3.8, 4) is 5.75 Å². The van der Waals surface area contributed by atoms with Gasteiger partial charge in [0.1, 0.15) is 11.4 Å². The fourth-order valence-corrected chi connectivity index (χ4v) is 4.07. The SMILES string of the molecule is CCCOc1ccc(Br)cc1/C=C1/NC(=S)N(C2CCCCC2)C1=O. The Morgan fingerprint density at radius 3 is 2.84 bits per heavy atom. The van der Waals surface area contributed by atoms with Gasteiger partial charge in [-0.15, -0.1) is 0 Å². The van der Waals surface area contributed by atoms with Gasteiger partial charge in [-0.25, -0.2) is 0 Å². The van der Waals surface area contributed by atoms with E-state index in [2.05, 4.69) is 28.2 Å². The zero-order valence-corrected chi connectivity index (χ0v) is 16.8. The molecule has 0 unspecified atom stereocenters. The lowest BCUT2D eigenvalue weighted by Crippen LogP contribution is -2.41. The van der Waals surface area contributed by atoms with Gasteiger partial charge in [0.05, 0.1) is 6.61 Å². The Bertz CT molecular complexity index is 699. The number of rotatable bonds is 5. The number of amides is 1. The molecule has 1 heterocycles. The van der Waals surface area contributed by atoms with Crippen molar-refractivity contribution in [3.63, 3.8) is 0 Å². The molecule has 2 fully saturated rings. The number of carbonyl (C=O) groups excluding carboxylic acids is 1. The van der Waals surface area contributed by atoms with Crippen molar-refractivity contribution in [3.05, 3.63) is 33.9 Å². The van der Waals surface area contributed by atoms with Crippen LogP contribution in [0.2, 0.25) is 0 Å². The third-order valence-electron chi connectivity index (χ3n) is 4.58. The molecule has 1 aromatic rings. The van der Waals surface area contributed by atoms with Crippen LogP contribution in [0.25, 0.3) is 6.08 Å². The van der Waals surface area contributed by atoms with Crippen molar-refractivity contribution < 1.29 is 9.53 Å². The predicted octanol–water partition coefficient (Wildman–Crippen LogP) is 4.63. The number of carbonyl (C=O) groups is 1. The van der Waals surface area contributed by atoms with E-state index in [-0.39, 0.29) is 11.9 Å². The van der Waals surface area contributed by atoms with E-state index in [1.54, 1.807) is 4.90 Å². The summed E-state index contributed by atoms with van der Waals surface area (Å²) in [7, 11) is 0. The van der Waals surface area contributed by atoms with Crippen molar-refractivity contribution in [2.75, 3.05) is 6.61 Å². The van der Waals surface area contributed by atoms with Gasteiger partial charge < -0.3 is 10.1 Å². The van der Waals surface area contributed by atoms with Crippen molar-refractivity contribution in [1.82, 2.24) is 10.2 Å². The molecular formula is C19H23BrN2O2S. The van der Waals surface area contributed by atoms with Crippen LogP contribution in [0.3, 0.4) is 0 Å². The summed E-state index contributed by atoms with van der Waals surface area (Å²) in [6, 6.07) is 6.04. The largest absolute Gasteiger partial charge is 0.493 e. The molecule has 25 heavy (non-hydrogen) atoms. The summed E-state index contributed by atoms with van der Waals surface area (Å²) >= 11 is 8.92. The molecule has 1 saturated carbocycles. The number of halogens is 1. The van der Waals surface area contributed by atoms with Gasteiger partial charge in [0.2, 0.25) is 0 Å². The second-order valence-corrected chi connectivity index (χ2v) is 7.79. The van der Waals surface area contributed by atoms with E-state index in [9.17, 15) is 4.79 Å². The first-order valence-electron chi connectivity index (χ1n) is 8.88. The van der Waals surface area contributed by atoms with Crippen molar-refractivity contribution in [2.24, 2.45) is 0 Å². The van der Waals surface area contributed by atoms with Crippen LogP contribution in [0.15, 0.2) is 28.4 Å². The number of hydrogen-bond donors (Lipinski definition) is 1. The molecule has 3 rings (SSSR count). The fourth-order valence-electron chi connectivity index (χ4n) is 3.35. The number of hydrogen-bond acceptors (Lipinski definition) is 3. The zero-order valence-electron chi connectivity index (χ0n) is 14.4. The van der Waals surface area contributed by atoms with E-state index in [0.717, 1.165) is 47.9 Å². The molecule has 2 aliphatic rings.